The summed E-state index contributed by atoms with van der Waals surface area (Å²) in [6, 6.07) is 11.6. The van der Waals surface area contributed by atoms with Crippen molar-refractivity contribution in [2.75, 3.05) is 6.54 Å². The molecule has 0 amide bonds. The van der Waals surface area contributed by atoms with Crippen molar-refractivity contribution < 1.29 is 0 Å². The Balaban J connectivity index is 2.07. The zero-order valence-electron chi connectivity index (χ0n) is 11.4. The van der Waals surface area contributed by atoms with E-state index in [-0.39, 0.29) is 0 Å². The van der Waals surface area contributed by atoms with Crippen molar-refractivity contribution in [3.63, 3.8) is 0 Å². The van der Waals surface area contributed by atoms with Gasteiger partial charge in [-0.05, 0) is 36.8 Å². The van der Waals surface area contributed by atoms with Crippen LogP contribution in [0.5, 0.6) is 0 Å². The van der Waals surface area contributed by atoms with E-state index in [0.717, 1.165) is 24.4 Å². The molecule has 0 bridgehead atoms. The van der Waals surface area contributed by atoms with E-state index in [4.69, 9.17) is 0 Å². The fourth-order valence-corrected chi connectivity index (χ4v) is 3.38. The van der Waals surface area contributed by atoms with Gasteiger partial charge in [0.15, 0.2) is 0 Å². The van der Waals surface area contributed by atoms with Crippen LogP contribution >= 0.6 is 0 Å². The van der Waals surface area contributed by atoms with Crippen molar-refractivity contribution in [1.29, 1.82) is 0 Å². The first-order chi connectivity index (χ1) is 8.18. The number of likely N-dealkylation sites (tertiary alicyclic amines) is 1. The van der Waals surface area contributed by atoms with Crippen LogP contribution in [0.3, 0.4) is 0 Å². The molecule has 2 rings (SSSR count). The average Bonchev–Trinajstić information content (AvgIpc) is 2.30. The van der Waals surface area contributed by atoms with Crippen LogP contribution in [0.2, 0.25) is 0 Å². The van der Waals surface area contributed by atoms with Gasteiger partial charge >= 0.3 is 0 Å². The summed E-state index contributed by atoms with van der Waals surface area (Å²) >= 11 is 0. The highest BCUT2D eigenvalue weighted by atomic mass is 15.2. The number of piperidine rings is 1. The molecule has 1 fully saturated rings. The Bertz CT molecular complexity index is 331. The molecule has 1 aliphatic heterocycles. The van der Waals surface area contributed by atoms with Crippen LogP contribution in [0, 0.1) is 11.8 Å². The second kappa shape index (κ2) is 5.68. The second-order valence-electron chi connectivity index (χ2n) is 5.81. The van der Waals surface area contributed by atoms with Gasteiger partial charge in [0, 0.05) is 12.6 Å². The molecule has 0 aromatic heterocycles. The maximum Gasteiger partial charge on any atom is 0.0236 e. The predicted molar refractivity (Wildman–Crippen MR) is 73.9 cm³/mol. The Hall–Kier alpha value is -0.820. The van der Waals surface area contributed by atoms with Crippen molar-refractivity contribution in [1.82, 2.24) is 4.90 Å². The van der Waals surface area contributed by atoms with Crippen molar-refractivity contribution in [3.05, 3.63) is 35.9 Å². The van der Waals surface area contributed by atoms with Crippen molar-refractivity contribution >= 4 is 0 Å². The smallest absolute Gasteiger partial charge is 0.0236 e. The van der Waals surface area contributed by atoms with E-state index < -0.39 is 0 Å². The average molecular weight is 231 g/mol. The largest absolute Gasteiger partial charge is 0.296 e. The summed E-state index contributed by atoms with van der Waals surface area (Å²) in [5, 5.41) is 0. The summed E-state index contributed by atoms with van der Waals surface area (Å²) < 4.78 is 0. The highest BCUT2D eigenvalue weighted by Crippen LogP contribution is 2.29. The number of hydrogen-bond donors (Lipinski definition) is 0. The molecular formula is C16H25N. The normalized spacial score (nSPS) is 26.4. The van der Waals surface area contributed by atoms with Gasteiger partial charge in [-0.1, -0.05) is 51.1 Å². The van der Waals surface area contributed by atoms with E-state index in [1.54, 1.807) is 0 Å². The van der Waals surface area contributed by atoms with Crippen LogP contribution in [0.25, 0.3) is 0 Å². The van der Waals surface area contributed by atoms with Crippen LogP contribution in [-0.4, -0.2) is 17.5 Å². The van der Waals surface area contributed by atoms with Crippen LogP contribution in [0.4, 0.5) is 0 Å². The first-order valence-corrected chi connectivity index (χ1v) is 6.96. The lowest BCUT2D eigenvalue weighted by molar-refractivity contribution is 0.0609. The van der Waals surface area contributed by atoms with E-state index >= 15 is 0 Å². The number of hydrogen-bond acceptors (Lipinski definition) is 1. The zero-order valence-corrected chi connectivity index (χ0v) is 11.4. The van der Waals surface area contributed by atoms with Crippen LogP contribution in [0.1, 0.15) is 39.2 Å². The third-order valence-corrected chi connectivity index (χ3v) is 4.02. The van der Waals surface area contributed by atoms with Crippen LogP contribution < -0.4 is 0 Å². The Morgan fingerprint density at radius 1 is 1.24 bits per heavy atom. The molecule has 1 aromatic rings. The molecule has 2 atom stereocenters. The summed E-state index contributed by atoms with van der Waals surface area (Å²) in [4.78, 5) is 2.69. The highest BCUT2D eigenvalue weighted by molar-refractivity contribution is 5.14. The predicted octanol–water partition coefficient (Wildman–Crippen LogP) is 3.94. The minimum Gasteiger partial charge on any atom is -0.296 e. The first kappa shape index (κ1) is 12.6. The molecule has 0 radical (unpaired) electrons. The SMILES string of the molecule is CC(C)[C@@H]1[C@@H](C)CCCN1Cc1ccccc1. The fraction of sp³-hybridized carbons (Fsp3) is 0.625. The van der Waals surface area contributed by atoms with Gasteiger partial charge in [-0.2, -0.15) is 0 Å². The molecule has 94 valence electrons. The minimum atomic E-state index is 0.754. The molecule has 17 heavy (non-hydrogen) atoms. The van der Waals surface area contributed by atoms with E-state index in [9.17, 15) is 0 Å². The summed E-state index contributed by atoms with van der Waals surface area (Å²) in [5.41, 5.74) is 1.45. The van der Waals surface area contributed by atoms with Crippen molar-refractivity contribution in [2.45, 2.75) is 46.2 Å². The van der Waals surface area contributed by atoms with Gasteiger partial charge in [0.1, 0.15) is 0 Å². The summed E-state index contributed by atoms with van der Waals surface area (Å²) in [5.74, 6) is 1.60. The van der Waals surface area contributed by atoms with E-state index in [1.165, 1.54) is 24.9 Å². The Kier molecular flexibility index (Phi) is 4.22. The maximum atomic E-state index is 2.69. The van der Waals surface area contributed by atoms with E-state index in [0.29, 0.717) is 0 Å². The third kappa shape index (κ3) is 3.10. The lowest BCUT2D eigenvalue weighted by Gasteiger charge is -2.42. The number of nitrogens with zero attached hydrogens (tertiary/aromatic N) is 1. The standard InChI is InChI=1S/C16H25N/c1-13(2)16-14(3)8-7-11-17(16)12-15-9-5-4-6-10-15/h4-6,9-10,13-14,16H,7-8,11-12H2,1-3H3/t14-,16+/m0/s1. The Morgan fingerprint density at radius 2 is 1.94 bits per heavy atom. The van der Waals surface area contributed by atoms with E-state index in [2.05, 4.69) is 56.0 Å². The molecule has 1 heterocycles. The van der Waals surface area contributed by atoms with Gasteiger partial charge in [-0.25, -0.2) is 0 Å². The van der Waals surface area contributed by atoms with Gasteiger partial charge in [0.2, 0.25) is 0 Å². The first-order valence-electron chi connectivity index (χ1n) is 6.96. The summed E-state index contributed by atoms with van der Waals surface area (Å²) in [6.07, 6.45) is 2.76. The molecule has 0 N–H and O–H groups in total. The molecule has 0 unspecified atom stereocenters. The van der Waals surface area contributed by atoms with Crippen molar-refractivity contribution in [2.24, 2.45) is 11.8 Å². The topological polar surface area (TPSA) is 3.24 Å². The molecule has 1 saturated heterocycles. The van der Waals surface area contributed by atoms with Crippen molar-refractivity contribution in [3.8, 4) is 0 Å². The molecule has 0 saturated carbocycles. The maximum absolute atomic E-state index is 2.69. The van der Waals surface area contributed by atoms with Gasteiger partial charge < -0.3 is 0 Å². The molecule has 1 aromatic carbocycles. The van der Waals surface area contributed by atoms with Gasteiger partial charge in [0.25, 0.3) is 0 Å². The Morgan fingerprint density at radius 3 is 2.59 bits per heavy atom. The van der Waals surface area contributed by atoms with Crippen LogP contribution in [0.15, 0.2) is 30.3 Å². The number of rotatable bonds is 3. The molecule has 0 spiro atoms. The molecule has 0 aliphatic carbocycles. The van der Waals surface area contributed by atoms with Gasteiger partial charge in [0.05, 0.1) is 0 Å². The zero-order chi connectivity index (χ0) is 12.3. The lowest BCUT2D eigenvalue weighted by Crippen LogP contribution is -2.46. The number of benzene rings is 1. The quantitative estimate of drug-likeness (QED) is 0.761. The van der Waals surface area contributed by atoms with Gasteiger partial charge in [-0.3, -0.25) is 4.90 Å². The van der Waals surface area contributed by atoms with E-state index in [1.807, 2.05) is 0 Å². The monoisotopic (exact) mass is 231 g/mol. The fourth-order valence-electron chi connectivity index (χ4n) is 3.38. The molecule has 1 nitrogen and oxygen atoms in total. The summed E-state index contributed by atoms with van der Waals surface area (Å²) in [7, 11) is 0. The highest BCUT2D eigenvalue weighted by Gasteiger charge is 2.30. The summed E-state index contributed by atoms with van der Waals surface area (Å²) in [6.45, 7) is 9.53. The molecular weight excluding hydrogens is 206 g/mol. The lowest BCUT2D eigenvalue weighted by atomic mass is 9.83. The molecule has 1 aliphatic rings. The minimum absolute atomic E-state index is 0.754. The Labute approximate surface area is 106 Å². The van der Waals surface area contributed by atoms with Gasteiger partial charge in [-0.15, -0.1) is 0 Å². The van der Waals surface area contributed by atoms with Crippen LogP contribution in [-0.2, 0) is 6.54 Å². The molecule has 1 heteroatoms. The second-order valence-corrected chi connectivity index (χ2v) is 5.81. The third-order valence-electron chi connectivity index (χ3n) is 4.02.